The SMILES string of the molecule is N[C@H]1C[C@@H]2CN(c3ccc(-c4cc(F)cc(F)c4F)nn3)[C@@H](C3CCCCCC3)[C@H]2C1. The van der Waals surface area contributed by atoms with E-state index in [0.717, 1.165) is 31.3 Å². The molecule has 0 radical (unpaired) electrons. The van der Waals surface area contributed by atoms with Crippen LogP contribution in [0.4, 0.5) is 19.0 Å². The van der Waals surface area contributed by atoms with Gasteiger partial charge < -0.3 is 10.6 Å². The van der Waals surface area contributed by atoms with Gasteiger partial charge in [0.25, 0.3) is 0 Å². The van der Waals surface area contributed by atoms with E-state index in [4.69, 9.17) is 5.73 Å². The van der Waals surface area contributed by atoms with Crippen LogP contribution in [0.3, 0.4) is 0 Å². The van der Waals surface area contributed by atoms with E-state index in [9.17, 15) is 13.2 Å². The number of hydrogen-bond donors (Lipinski definition) is 1. The lowest BCUT2D eigenvalue weighted by atomic mass is 9.81. The Labute approximate surface area is 181 Å². The highest BCUT2D eigenvalue weighted by atomic mass is 19.2. The van der Waals surface area contributed by atoms with Gasteiger partial charge in [-0.05, 0) is 61.6 Å². The highest BCUT2D eigenvalue weighted by molar-refractivity contribution is 5.61. The first-order valence-electron chi connectivity index (χ1n) is 11.5. The van der Waals surface area contributed by atoms with Crippen LogP contribution in [0.15, 0.2) is 24.3 Å². The average Bonchev–Trinajstić information content (AvgIpc) is 3.14. The maximum atomic E-state index is 14.2. The average molecular weight is 431 g/mol. The molecule has 1 aromatic heterocycles. The number of halogens is 3. The molecule has 5 rings (SSSR count). The summed E-state index contributed by atoms with van der Waals surface area (Å²) in [6, 6.07) is 5.60. The summed E-state index contributed by atoms with van der Waals surface area (Å²) in [6.45, 7) is 0.913. The number of rotatable bonds is 3. The molecule has 2 N–H and O–H groups in total. The van der Waals surface area contributed by atoms with Crippen molar-refractivity contribution in [1.29, 1.82) is 0 Å². The van der Waals surface area contributed by atoms with Crippen molar-refractivity contribution in [3.05, 3.63) is 41.7 Å². The molecule has 0 spiro atoms. The molecule has 2 saturated carbocycles. The van der Waals surface area contributed by atoms with E-state index in [1.165, 1.54) is 38.5 Å². The van der Waals surface area contributed by atoms with E-state index >= 15 is 0 Å². The predicted molar refractivity (Wildman–Crippen MR) is 114 cm³/mol. The van der Waals surface area contributed by atoms with Crippen LogP contribution in [-0.2, 0) is 0 Å². The molecule has 1 aliphatic heterocycles. The first kappa shape index (κ1) is 20.7. The summed E-state index contributed by atoms with van der Waals surface area (Å²) < 4.78 is 41.4. The van der Waals surface area contributed by atoms with Gasteiger partial charge in [0.2, 0.25) is 0 Å². The highest BCUT2D eigenvalue weighted by Gasteiger charge is 2.49. The minimum atomic E-state index is -1.22. The minimum absolute atomic E-state index is 0.132. The molecule has 3 fully saturated rings. The first-order chi connectivity index (χ1) is 15.0. The van der Waals surface area contributed by atoms with E-state index in [-0.39, 0.29) is 17.3 Å². The van der Waals surface area contributed by atoms with Crippen molar-refractivity contribution in [1.82, 2.24) is 10.2 Å². The molecule has 0 bridgehead atoms. The van der Waals surface area contributed by atoms with Gasteiger partial charge in [-0.2, -0.15) is 0 Å². The quantitative estimate of drug-likeness (QED) is 0.545. The van der Waals surface area contributed by atoms with Crippen LogP contribution >= 0.6 is 0 Å². The number of anilines is 1. The van der Waals surface area contributed by atoms with Crippen LogP contribution in [0.5, 0.6) is 0 Å². The van der Waals surface area contributed by atoms with Gasteiger partial charge in [0, 0.05) is 30.3 Å². The van der Waals surface area contributed by atoms with Crippen LogP contribution in [0.1, 0.15) is 51.4 Å². The van der Waals surface area contributed by atoms with E-state index in [0.29, 0.717) is 29.9 Å². The third kappa shape index (κ3) is 3.93. The fourth-order valence-corrected chi connectivity index (χ4v) is 6.30. The number of benzene rings is 1. The Bertz CT molecular complexity index is 927. The van der Waals surface area contributed by atoms with Crippen molar-refractivity contribution < 1.29 is 13.2 Å². The Morgan fingerprint density at radius 2 is 1.68 bits per heavy atom. The zero-order valence-corrected chi connectivity index (χ0v) is 17.6. The third-order valence-electron chi connectivity index (χ3n) is 7.61. The summed E-state index contributed by atoms with van der Waals surface area (Å²) in [7, 11) is 0. The lowest BCUT2D eigenvalue weighted by Crippen LogP contribution is -2.41. The fourth-order valence-electron chi connectivity index (χ4n) is 6.30. The van der Waals surface area contributed by atoms with Gasteiger partial charge in [0.15, 0.2) is 17.5 Å². The maximum absolute atomic E-state index is 14.2. The standard InChI is InChI=1S/C24H29F3N4/c25-16-10-19(23(27)20(26)11-16)21-7-8-22(30-29-21)31-13-15-9-17(28)12-18(15)24(31)14-5-3-1-2-4-6-14/h7-8,10-11,14-15,17-18,24H,1-6,9,12-13,28H2/t15-,17+,18+,24+/m1/s1. The number of nitrogens with zero attached hydrogens (tertiary/aromatic N) is 3. The van der Waals surface area contributed by atoms with Crippen molar-refractivity contribution in [3.63, 3.8) is 0 Å². The predicted octanol–water partition coefficient (Wildman–Crippen LogP) is 5.07. The Morgan fingerprint density at radius 3 is 2.39 bits per heavy atom. The molecule has 1 saturated heterocycles. The lowest BCUT2D eigenvalue weighted by Gasteiger charge is -2.35. The third-order valence-corrected chi connectivity index (χ3v) is 7.61. The molecule has 2 aliphatic carbocycles. The molecular weight excluding hydrogens is 401 g/mol. The van der Waals surface area contributed by atoms with Gasteiger partial charge >= 0.3 is 0 Å². The number of aromatic nitrogens is 2. The fraction of sp³-hybridized carbons (Fsp3) is 0.583. The van der Waals surface area contributed by atoms with Gasteiger partial charge in [-0.3, -0.25) is 0 Å². The Morgan fingerprint density at radius 1 is 0.903 bits per heavy atom. The normalized spacial score (nSPS) is 29.2. The molecule has 4 atom stereocenters. The Balaban J connectivity index is 1.44. The molecule has 0 unspecified atom stereocenters. The van der Waals surface area contributed by atoms with Crippen molar-refractivity contribution in [2.24, 2.45) is 23.5 Å². The molecule has 0 amide bonds. The number of nitrogens with two attached hydrogens (primary N) is 1. The van der Waals surface area contributed by atoms with Crippen molar-refractivity contribution >= 4 is 5.82 Å². The summed E-state index contributed by atoms with van der Waals surface area (Å²) in [5.74, 6) is -0.634. The molecule has 31 heavy (non-hydrogen) atoms. The van der Waals surface area contributed by atoms with E-state index in [1.54, 1.807) is 6.07 Å². The zero-order chi connectivity index (χ0) is 21.5. The maximum Gasteiger partial charge on any atom is 0.168 e. The summed E-state index contributed by atoms with van der Waals surface area (Å²) in [4.78, 5) is 2.39. The highest BCUT2D eigenvalue weighted by Crippen LogP contribution is 2.48. The zero-order valence-electron chi connectivity index (χ0n) is 17.6. The molecular formula is C24H29F3N4. The van der Waals surface area contributed by atoms with E-state index < -0.39 is 17.5 Å². The lowest BCUT2D eigenvalue weighted by molar-refractivity contribution is 0.291. The van der Waals surface area contributed by atoms with Crippen molar-refractivity contribution in [3.8, 4) is 11.3 Å². The summed E-state index contributed by atoms with van der Waals surface area (Å²) in [6.07, 6.45) is 9.73. The van der Waals surface area contributed by atoms with Crippen molar-refractivity contribution in [2.75, 3.05) is 11.4 Å². The van der Waals surface area contributed by atoms with Gasteiger partial charge in [0.05, 0.1) is 5.69 Å². The molecule has 2 aromatic rings. The number of fused-ring (bicyclic) bond motifs is 1. The molecule has 2 heterocycles. The monoisotopic (exact) mass is 430 g/mol. The van der Waals surface area contributed by atoms with Crippen molar-refractivity contribution in [2.45, 2.75) is 63.5 Å². The summed E-state index contributed by atoms with van der Waals surface area (Å²) >= 11 is 0. The molecule has 7 heteroatoms. The topological polar surface area (TPSA) is 55.0 Å². The van der Waals surface area contributed by atoms with Crippen LogP contribution in [0, 0.1) is 35.2 Å². The van der Waals surface area contributed by atoms with Gasteiger partial charge in [-0.1, -0.05) is 25.7 Å². The van der Waals surface area contributed by atoms with Gasteiger partial charge in [0.1, 0.15) is 5.82 Å². The molecule has 166 valence electrons. The summed E-state index contributed by atoms with van der Waals surface area (Å²) in [5, 5.41) is 8.54. The Kier molecular flexibility index (Phi) is 5.63. The molecule has 4 nitrogen and oxygen atoms in total. The van der Waals surface area contributed by atoms with E-state index in [1.807, 2.05) is 6.07 Å². The number of hydrogen-bond acceptors (Lipinski definition) is 4. The largest absolute Gasteiger partial charge is 0.351 e. The smallest absolute Gasteiger partial charge is 0.168 e. The molecule has 3 aliphatic rings. The molecule has 1 aromatic carbocycles. The second-order valence-electron chi connectivity index (χ2n) is 9.58. The van der Waals surface area contributed by atoms with Crippen LogP contribution in [0.2, 0.25) is 0 Å². The summed E-state index contributed by atoms with van der Waals surface area (Å²) in [5.41, 5.74) is 6.24. The Hall–Kier alpha value is -2.15. The van der Waals surface area contributed by atoms with Gasteiger partial charge in [-0.25, -0.2) is 13.2 Å². The van der Waals surface area contributed by atoms with E-state index in [2.05, 4.69) is 15.1 Å². The van der Waals surface area contributed by atoms with Crippen LogP contribution < -0.4 is 10.6 Å². The minimum Gasteiger partial charge on any atom is -0.351 e. The first-order valence-corrected chi connectivity index (χ1v) is 11.5. The van der Waals surface area contributed by atoms with Crippen LogP contribution in [-0.4, -0.2) is 28.8 Å². The van der Waals surface area contributed by atoms with Crippen LogP contribution in [0.25, 0.3) is 11.3 Å². The second kappa shape index (κ2) is 8.41. The second-order valence-corrected chi connectivity index (χ2v) is 9.58. The van der Waals surface area contributed by atoms with Gasteiger partial charge in [-0.15, -0.1) is 10.2 Å².